The lowest BCUT2D eigenvalue weighted by Crippen LogP contribution is -2.45. The number of carbonyl (C=O) groups is 2. The van der Waals surface area contributed by atoms with Crippen molar-refractivity contribution in [1.82, 2.24) is 19.6 Å². The number of fused-ring (bicyclic) bond motifs is 3. The maximum atomic E-state index is 14.4. The summed E-state index contributed by atoms with van der Waals surface area (Å²) in [5.41, 5.74) is 2.52. The van der Waals surface area contributed by atoms with Crippen molar-refractivity contribution in [1.29, 1.82) is 0 Å². The molecule has 0 fully saturated rings. The Bertz CT molecular complexity index is 1360. The topological polar surface area (TPSA) is 58.4 Å². The largest absolute Gasteiger partial charge is 0.331 e. The Labute approximate surface area is 211 Å². The molecular formula is C25H22Cl2F2N4O2. The van der Waals surface area contributed by atoms with Gasteiger partial charge in [0.2, 0.25) is 0 Å². The summed E-state index contributed by atoms with van der Waals surface area (Å²) >= 11 is 12.1. The molecular weight excluding hydrogens is 497 g/mol. The first-order valence-corrected chi connectivity index (χ1v) is 12.0. The molecule has 0 radical (unpaired) electrons. The Kier molecular flexibility index (Phi) is 6.05. The molecule has 2 amide bonds. The van der Waals surface area contributed by atoms with Crippen LogP contribution in [0.3, 0.4) is 0 Å². The average Bonchev–Trinajstić information content (AvgIpc) is 3.17. The molecule has 1 aromatic heterocycles. The van der Waals surface area contributed by atoms with E-state index in [0.29, 0.717) is 46.4 Å². The standard InChI is InChI=1S/C25H22Cl2F2N4O2/c1-13-9-22-18(12-32(13)24(34)15-3-6-19(26)20(27)10-15)23-25(35)31(7-8-33(23)30-22)14(2)17-5-4-16(28)11-21(17)29/h3-6,10-11,13-14H,7-9,12H2,1-2H3/t13-,14?/m1/s1. The Morgan fingerprint density at radius 3 is 2.60 bits per heavy atom. The number of aromatic nitrogens is 2. The van der Waals surface area contributed by atoms with Gasteiger partial charge in [-0.3, -0.25) is 14.3 Å². The van der Waals surface area contributed by atoms with Crippen LogP contribution < -0.4 is 0 Å². The second kappa shape index (κ2) is 8.91. The molecule has 182 valence electrons. The molecule has 0 spiro atoms. The number of halogens is 4. The van der Waals surface area contributed by atoms with E-state index in [1.54, 1.807) is 33.5 Å². The van der Waals surface area contributed by atoms with Crippen LogP contribution in [0.2, 0.25) is 10.0 Å². The van der Waals surface area contributed by atoms with Gasteiger partial charge in [-0.15, -0.1) is 0 Å². The molecule has 0 aliphatic carbocycles. The molecule has 5 rings (SSSR count). The first kappa shape index (κ1) is 23.8. The number of nitrogens with zero attached hydrogens (tertiary/aromatic N) is 4. The molecule has 2 atom stereocenters. The highest BCUT2D eigenvalue weighted by molar-refractivity contribution is 6.42. The smallest absolute Gasteiger partial charge is 0.273 e. The van der Waals surface area contributed by atoms with E-state index in [-0.39, 0.29) is 30.0 Å². The average molecular weight is 519 g/mol. The van der Waals surface area contributed by atoms with Crippen LogP contribution in [-0.2, 0) is 19.5 Å². The minimum Gasteiger partial charge on any atom is -0.331 e. The fraction of sp³-hybridized carbons (Fsp3) is 0.320. The van der Waals surface area contributed by atoms with E-state index in [4.69, 9.17) is 23.2 Å². The van der Waals surface area contributed by atoms with E-state index in [9.17, 15) is 18.4 Å². The Hall–Kier alpha value is -2.97. The van der Waals surface area contributed by atoms with Gasteiger partial charge in [0.05, 0.1) is 34.9 Å². The van der Waals surface area contributed by atoms with Crippen LogP contribution in [0.5, 0.6) is 0 Å². The van der Waals surface area contributed by atoms with E-state index >= 15 is 0 Å². The molecule has 6 nitrogen and oxygen atoms in total. The third kappa shape index (κ3) is 4.08. The van der Waals surface area contributed by atoms with Gasteiger partial charge in [-0.2, -0.15) is 5.10 Å². The summed E-state index contributed by atoms with van der Waals surface area (Å²) in [5.74, 6) is -1.88. The second-order valence-electron chi connectivity index (χ2n) is 8.95. The fourth-order valence-electron chi connectivity index (χ4n) is 4.88. The summed E-state index contributed by atoms with van der Waals surface area (Å²) < 4.78 is 29.5. The summed E-state index contributed by atoms with van der Waals surface area (Å²) in [7, 11) is 0. The van der Waals surface area contributed by atoms with Crippen LogP contribution in [0.1, 0.15) is 57.6 Å². The molecule has 0 saturated carbocycles. The van der Waals surface area contributed by atoms with Gasteiger partial charge in [-0.25, -0.2) is 8.78 Å². The highest BCUT2D eigenvalue weighted by Gasteiger charge is 2.39. The zero-order valence-electron chi connectivity index (χ0n) is 19.1. The molecule has 1 unspecified atom stereocenters. The van der Waals surface area contributed by atoms with Gasteiger partial charge in [0.25, 0.3) is 11.8 Å². The van der Waals surface area contributed by atoms with Gasteiger partial charge >= 0.3 is 0 Å². The van der Waals surface area contributed by atoms with Crippen LogP contribution in [-0.4, -0.2) is 44.0 Å². The quantitative estimate of drug-likeness (QED) is 0.474. The Morgan fingerprint density at radius 1 is 1.11 bits per heavy atom. The summed E-state index contributed by atoms with van der Waals surface area (Å²) in [6, 6.07) is 7.37. The lowest BCUT2D eigenvalue weighted by Gasteiger charge is -2.35. The minimum absolute atomic E-state index is 0.139. The number of rotatable bonds is 3. The van der Waals surface area contributed by atoms with E-state index < -0.39 is 17.7 Å². The lowest BCUT2D eigenvalue weighted by atomic mass is 9.97. The van der Waals surface area contributed by atoms with Crippen LogP contribution >= 0.6 is 23.2 Å². The van der Waals surface area contributed by atoms with Crippen molar-refractivity contribution < 1.29 is 18.4 Å². The van der Waals surface area contributed by atoms with E-state index in [1.807, 2.05) is 6.92 Å². The van der Waals surface area contributed by atoms with Crippen LogP contribution in [0.15, 0.2) is 36.4 Å². The van der Waals surface area contributed by atoms with Crippen molar-refractivity contribution in [3.63, 3.8) is 0 Å². The fourth-order valence-corrected chi connectivity index (χ4v) is 5.18. The van der Waals surface area contributed by atoms with E-state index in [0.717, 1.165) is 11.8 Å². The first-order chi connectivity index (χ1) is 16.7. The molecule has 10 heteroatoms. The van der Waals surface area contributed by atoms with Crippen molar-refractivity contribution in [3.8, 4) is 0 Å². The van der Waals surface area contributed by atoms with Gasteiger partial charge in [-0.1, -0.05) is 29.3 Å². The predicted octanol–water partition coefficient (Wildman–Crippen LogP) is 5.27. The maximum absolute atomic E-state index is 14.4. The zero-order valence-corrected chi connectivity index (χ0v) is 20.6. The number of hydrogen-bond acceptors (Lipinski definition) is 3. The van der Waals surface area contributed by atoms with Gasteiger partial charge in [0.1, 0.15) is 17.3 Å². The molecule has 2 aliphatic heterocycles. The number of amides is 2. The third-order valence-corrected chi connectivity index (χ3v) is 7.55. The van der Waals surface area contributed by atoms with Gasteiger partial charge in [0, 0.05) is 41.8 Å². The lowest BCUT2D eigenvalue weighted by molar-refractivity contribution is 0.0602. The van der Waals surface area contributed by atoms with Crippen molar-refractivity contribution >= 4 is 35.0 Å². The Balaban J connectivity index is 1.45. The molecule has 2 aliphatic rings. The van der Waals surface area contributed by atoms with Crippen molar-refractivity contribution in [2.45, 2.75) is 45.4 Å². The minimum atomic E-state index is -0.696. The van der Waals surface area contributed by atoms with Gasteiger partial charge < -0.3 is 9.80 Å². The van der Waals surface area contributed by atoms with Crippen molar-refractivity contribution in [3.05, 3.63) is 86.2 Å². The third-order valence-electron chi connectivity index (χ3n) is 6.81. The van der Waals surface area contributed by atoms with E-state index in [1.165, 1.54) is 18.2 Å². The zero-order chi connectivity index (χ0) is 25.0. The molecule has 0 saturated heterocycles. The first-order valence-electron chi connectivity index (χ1n) is 11.3. The van der Waals surface area contributed by atoms with Crippen LogP contribution in [0.4, 0.5) is 8.78 Å². The molecule has 0 N–H and O–H groups in total. The summed E-state index contributed by atoms with van der Waals surface area (Å²) in [4.78, 5) is 30.2. The molecule has 2 aromatic carbocycles. The molecule has 0 bridgehead atoms. The highest BCUT2D eigenvalue weighted by atomic mass is 35.5. The molecule has 3 aromatic rings. The van der Waals surface area contributed by atoms with Gasteiger partial charge in [-0.05, 0) is 38.1 Å². The number of carbonyl (C=O) groups excluding carboxylic acids is 2. The second-order valence-corrected chi connectivity index (χ2v) is 9.77. The van der Waals surface area contributed by atoms with Gasteiger partial charge in [0.15, 0.2) is 0 Å². The number of benzene rings is 2. The van der Waals surface area contributed by atoms with E-state index in [2.05, 4.69) is 5.10 Å². The predicted molar refractivity (Wildman–Crippen MR) is 128 cm³/mol. The Morgan fingerprint density at radius 2 is 1.89 bits per heavy atom. The summed E-state index contributed by atoms with van der Waals surface area (Å²) in [5, 5.41) is 5.30. The van der Waals surface area contributed by atoms with Crippen molar-refractivity contribution in [2.75, 3.05) is 6.54 Å². The summed E-state index contributed by atoms with van der Waals surface area (Å²) in [6.07, 6.45) is 0.498. The number of hydrogen-bond donors (Lipinski definition) is 0. The molecule has 3 heterocycles. The molecule has 35 heavy (non-hydrogen) atoms. The van der Waals surface area contributed by atoms with Crippen LogP contribution in [0, 0.1) is 11.6 Å². The highest BCUT2D eigenvalue weighted by Crippen LogP contribution is 2.33. The normalized spacial score (nSPS) is 18.3. The van der Waals surface area contributed by atoms with Crippen molar-refractivity contribution in [2.24, 2.45) is 0 Å². The van der Waals surface area contributed by atoms with Crippen LogP contribution in [0.25, 0.3) is 0 Å². The monoisotopic (exact) mass is 518 g/mol. The summed E-state index contributed by atoms with van der Waals surface area (Å²) in [6.45, 7) is 4.64. The SMILES string of the molecule is CC(c1ccc(F)cc1F)N1CCn2nc3c(c2C1=O)CN(C(=O)c1ccc(Cl)c(Cl)c1)[C@H](C)C3. The maximum Gasteiger partial charge on any atom is 0.273 e.